The molecule has 128 valence electrons. The summed E-state index contributed by atoms with van der Waals surface area (Å²) in [5, 5.41) is 0. The summed E-state index contributed by atoms with van der Waals surface area (Å²) in [4.78, 5) is 20.5. The third-order valence-electron chi connectivity index (χ3n) is 4.92. The van der Waals surface area contributed by atoms with Crippen LogP contribution >= 0.6 is 0 Å². The van der Waals surface area contributed by atoms with E-state index in [0.29, 0.717) is 31.8 Å². The fraction of sp³-hybridized carbons (Fsp3) is 0.733. The van der Waals surface area contributed by atoms with Crippen molar-refractivity contribution in [2.75, 3.05) is 13.1 Å². The fourth-order valence-electron chi connectivity index (χ4n) is 3.56. The maximum absolute atomic E-state index is 12.6. The highest BCUT2D eigenvalue weighted by atomic mass is 19.4. The summed E-state index contributed by atoms with van der Waals surface area (Å²) in [6.07, 6.45) is 0.180. The quantitative estimate of drug-likeness (QED) is 0.873. The third-order valence-corrected chi connectivity index (χ3v) is 4.92. The van der Waals surface area contributed by atoms with Crippen LogP contribution in [0.15, 0.2) is 6.20 Å². The molecule has 2 atom stereocenters. The molecule has 0 spiro atoms. The van der Waals surface area contributed by atoms with Crippen molar-refractivity contribution in [2.45, 2.75) is 50.2 Å². The zero-order chi connectivity index (χ0) is 16.6. The van der Waals surface area contributed by atoms with Gasteiger partial charge in [-0.2, -0.15) is 13.2 Å². The Morgan fingerprint density at radius 1 is 1.26 bits per heavy atom. The van der Waals surface area contributed by atoms with Gasteiger partial charge in [-0.15, -0.1) is 0 Å². The van der Waals surface area contributed by atoms with Crippen molar-refractivity contribution in [1.82, 2.24) is 14.9 Å². The number of carbonyl (C=O) groups excluding carboxylic acids is 1. The molecule has 5 nitrogen and oxygen atoms in total. The molecule has 2 fully saturated rings. The van der Waals surface area contributed by atoms with E-state index in [1.165, 1.54) is 0 Å². The van der Waals surface area contributed by atoms with E-state index in [1.807, 2.05) is 4.90 Å². The van der Waals surface area contributed by atoms with Gasteiger partial charge in [0, 0.05) is 31.0 Å². The molecule has 0 radical (unpaired) electrons. The van der Waals surface area contributed by atoms with Crippen LogP contribution in [0.1, 0.15) is 49.5 Å². The van der Waals surface area contributed by atoms with Crippen LogP contribution in [0.4, 0.5) is 13.2 Å². The number of alkyl halides is 3. The van der Waals surface area contributed by atoms with E-state index in [0.717, 1.165) is 25.5 Å². The minimum atomic E-state index is -4.40. The summed E-state index contributed by atoms with van der Waals surface area (Å²) >= 11 is 0. The standard InChI is InChI=1S/C15H21F3N4O/c16-15(17,18)12-8-20-13(21-12)9-3-5-22(6-4-9)14(23)10-1-2-11(19)7-10/h8-11H,1-7,19H2,(H,20,21). The number of hydrogen-bond donors (Lipinski definition) is 2. The van der Waals surface area contributed by atoms with Gasteiger partial charge in [0.2, 0.25) is 5.91 Å². The second-order valence-corrected chi connectivity index (χ2v) is 6.55. The second-order valence-electron chi connectivity index (χ2n) is 6.55. The van der Waals surface area contributed by atoms with Crippen LogP contribution in [0.25, 0.3) is 0 Å². The molecule has 0 bridgehead atoms. The number of nitrogens with zero attached hydrogens (tertiary/aromatic N) is 2. The molecule has 23 heavy (non-hydrogen) atoms. The minimum Gasteiger partial charge on any atom is -0.342 e. The smallest absolute Gasteiger partial charge is 0.342 e. The van der Waals surface area contributed by atoms with E-state index >= 15 is 0 Å². The number of H-pyrrole nitrogens is 1. The average Bonchev–Trinajstić information content (AvgIpc) is 3.15. The van der Waals surface area contributed by atoms with E-state index in [9.17, 15) is 18.0 Å². The molecule has 1 aromatic rings. The molecule has 1 amide bonds. The van der Waals surface area contributed by atoms with Crippen LogP contribution in [0, 0.1) is 5.92 Å². The first-order chi connectivity index (χ1) is 10.8. The highest BCUT2D eigenvalue weighted by Crippen LogP contribution is 2.33. The lowest BCUT2D eigenvalue weighted by Crippen LogP contribution is -2.41. The molecule has 2 aliphatic rings. The zero-order valence-corrected chi connectivity index (χ0v) is 12.8. The number of hydrogen-bond acceptors (Lipinski definition) is 3. The lowest BCUT2D eigenvalue weighted by molar-refractivity contribution is -0.141. The third kappa shape index (κ3) is 3.52. The molecule has 3 N–H and O–H groups in total. The van der Waals surface area contributed by atoms with Gasteiger partial charge in [0.05, 0.1) is 6.20 Å². The maximum Gasteiger partial charge on any atom is 0.432 e. The van der Waals surface area contributed by atoms with Crippen LogP contribution < -0.4 is 5.73 Å². The first-order valence-electron chi connectivity index (χ1n) is 8.01. The van der Waals surface area contributed by atoms with Gasteiger partial charge in [0.25, 0.3) is 0 Å². The predicted octanol–water partition coefficient (Wildman–Crippen LogP) is 2.26. The molecule has 1 aliphatic carbocycles. The summed E-state index contributed by atoms with van der Waals surface area (Å²) in [5.74, 6) is 0.474. The molecule has 1 aromatic heterocycles. The molecule has 1 saturated heterocycles. The molecule has 2 unspecified atom stereocenters. The number of likely N-dealkylation sites (tertiary alicyclic amines) is 1. The lowest BCUT2D eigenvalue weighted by atomic mass is 9.94. The highest BCUT2D eigenvalue weighted by molar-refractivity contribution is 5.79. The van der Waals surface area contributed by atoms with Gasteiger partial charge >= 0.3 is 6.18 Å². The number of nitrogens with one attached hydrogen (secondary N) is 1. The number of aromatic nitrogens is 2. The predicted molar refractivity (Wildman–Crippen MR) is 77.5 cm³/mol. The number of aromatic amines is 1. The summed E-state index contributed by atoms with van der Waals surface area (Å²) in [6.45, 7) is 1.13. The number of piperidine rings is 1. The summed E-state index contributed by atoms with van der Waals surface area (Å²) in [5.41, 5.74) is 5.04. The molecule has 2 heterocycles. The van der Waals surface area contributed by atoms with E-state index in [4.69, 9.17) is 5.73 Å². The van der Waals surface area contributed by atoms with Crippen LogP contribution in [-0.4, -0.2) is 39.9 Å². The number of nitrogens with two attached hydrogens (primary N) is 1. The Labute approximate surface area is 132 Å². The van der Waals surface area contributed by atoms with Crippen molar-refractivity contribution in [3.05, 3.63) is 17.7 Å². The Hall–Kier alpha value is -1.57. The Kier molecular flexibility index (Phi) is 4.35. The van der Waals surface area contributed by atoms with Crippen molar-refractivity contribution in [2.24, 2.45) is 11.7 Å². The topological polar surface area (TPSA) is 75.0 Å². The number of carbonyl (C=O) groups is 1. The van der Waals surface area contributed by atoms with Crippen molar-refractivity contribution in [3.8, 4) is 0 Å². The van der Waals surface area contributed by atoms with Crippen LogP contribution in [0.2, 0.25) is 0 Å². The average molecular weight is 330 g/mol. The number of rotatable bonds is 2. The normalized spacial score (nSPS) is 26.7. The molecule has 3 rings (SSSR count). The van der Waals surface area contributed by atoms with Gasteiger partial charge in [0.15, 0.2) is 0 Å². The van der Waals surface area contributed by atoms with Gasteiger partial charge in [-0.3, -0.25) is 4.79 Å². The van der Waals surface area contributed by atoms with Crippen molar-refractivity contribution >= 4 is 5.91 Å². The first-order valence-corrected chi connectivity index (χ1v) is 8.01. The van der Waals surface area contributed by atoms with E-state index in [-0.39, 0.29) is 23.8 Å². The Morgan fingerprint density at radius 2 is 1.96 bits per heavy atom. The second kappa shape index (κ2) is 6.14. The SMILES string of the molecule is NC1CCC(C(=O)N2CCC(c3ncc(C(F)(F)F)[nH]3)CC2)C1. The first kappa shape index (κ1) is 16.3. The zero-order valence-electron chi connectivity index (χ0n) is 12.8. The van der Waals surface area contributed by atoms with Crippen LogP contribution in [0.3, 0.4) is 0 Å². The van der Waals surface area contributed by atoms with E-state index in [1.54, 1.807) is 0 Å². The Bertz CT molecular complexity index is 563. The summed E-state index contributed by atoms with van der Waals surface area (Å²) in [6, 6.07) is 0.116. The van der Waals surface area contributed by atoms with Crippen molar-refractivity contribution < 1.29 is 18.0 Å². The number of amides is 1. The van der Waals surface area contributed by atoms with E-state index < -0.39 is 11.9 Å². The van der Waals surface area contributed by atoms with Crippen LogP contribution in [0.5, 0.6) is 0 Å². The molecule has 8 heteroatoms. The van der Waals surface area contributed by atoms with Gasteiger partial charge in [-0.05, 0) is 32.1 Å². The maximum atomic E-state index is 12.6. The Morgan fingerprint density at radius 3 is 2.48 bits per heavy atom. The van der Waals surface area contributed by atoms with Gasteiger partial charge in [-0.25, -0.2) is 4.98 Å². The molecule has 1 saturated carbocycles. The van der Waals surface area contributed by atoms with Crippen molar-refractivity contribution in [3.63, 3.8) is 0 Å². The number of halogens is 3. The highest BCUT2D eigenvalue weighted by Gasteiger charge is 2.36. The number of imidazole rings is 1. The van der Waals surface area contributed by atoms with Crippen LogP contribution in [-0.2, 0) is 11.0 Å². The monoisotopic (exact) mass is 330 g/mol. The lowest BCUT2D eigenvalue weighted by Gasteiger charge is -2.33. The van der Waals surface area contributed by atoms with Gasteiger partial charge in [-0.1, -0.05) is 0 Å². The summed E-state index contributed by atoms with van der Waals surface area (Å²) < 4.78 is 37.8. The van der Waals surface area contributed by atoms with Crippen molar-refractivity contribution in [1.29, 1.82) is 0 Å². The molecule has 0 aromatic carbocycles. The van der Waals surface area contributed by atoms with E-state index in [2.05, 4.69) is 9.97 Å². The molecule has 1 aliphatic heterocycles. The van der Waals surface area contributed by atoms with Gasteiger partial charge in [0.1, 0.15) is 11.5 Å². The Balaban J connectivity index is 1.56. The summed E-state index contributed by atoms with van der Waals surface area (Å²) in [7, 11) is 0. The fourth-order valence-corrected chi connectivity index (χ4v) is 3.56. The largest absolute Gasteiger partial charge is 0.432 e. The molecular weight excluding hydrogens is 309 g/mol. The molecular formula is C15H21F3N4O. The minimum absolute atomic E-state index is 0.0157. The van der Waals surface area contributed by atoms with Gasteiger partial charge < -0.3 is 15.6 Å².